The van der Waals surface area contributed by atoms with Crippen LogP contribution in [-0.4, -0.2) is 23.2 Å². The summed E-state index contributed by atoms with van der Waals surface area (Å²) >= 11 is 0. The van der Waals surface area contributed by atoms with Crippen molar-refractivity contribution in [3.05, 3.63) is 36.9 Å². The highest BCUT2D eigenvalue weighted by Crippen LogP contribution is 2.20. The molecule has 0 amide bonds. The van der Waals surface area contributed by atoms with E-state index in [1.807, 2.05) is 0 Å². The Balaban J connectivity index is 2.31. The minimum atomic E-state index is -5.39. The van der Waals surface area contributed by atoms with Gasteiger partial charge in [0.1, 0.15) is 12.7 Å². The minimum absolute atomic E-state index is 0.434. The van der Waals surface area contributed by atoms with E-state index in [1.54, 1.807) is 0 Å². The average molecular weight is 260 g/mol. The zero-order valence-electron chi connectivity index (χ0n) is 8.23. The Kier molecular flexibility index (Phi) is 2.76. The Labute approximate surface area is 95.4 Å². The monoisotopic (exact) mass is 260 g/mol. The molecule has 1 aromatic carbocycles. The van der Waals surface area contributed by atoms with Crippen LogP contribution in [0.15, 0.2) is 36.9 Å². The maximum atomic E-state index is 13.0. The van der Waals surface area contributed by atoms with Crippen LogP contribution >= 0.6 is 0 Å². The molecule has 17 heavy (non-hydrogen) atoms. The second kappa shape index (κ2) is 4.09. The number of rotatable bonds is 3. The fourth-order valence-electron chi connectivity index (χ4n) is 1.19. The van der Waals surface area contributed by atoms with Gasteiger partial charge in [-0.15, -0.1) is 0 Å². The van der Waals surface area contributed by atoms with Crippen LogP contribution in [-0.2, 0) is 10.4 Å². The van der Waals surface area contributed by atoms with Gasteiger partial charge in [-0.3, -0.25) is 0 Å². The first-order chi connectivity index (χ1) is 7.98. The van der Waals surface area contributed by atoms with E-state index in [9.17, 15) is 16.8 Å². The molecule has 0 atom stereocenters. The summed E-state index contributed by atoms with van der Waals surface area (Å²) in [7, 11) is -5.39. The van der Waals surface area contributed by atoms with E-state index in [4.69, 9.17) is 0 Å². The van der Waals surface area contributed by atoms with Crippen molar-refractivity contribution in [1.82, 2.24) is 14.8 Å². The molecule has 0 saturated carbocycles. The van der Waals surface area contributed by atoms with Crippen LogP contribution < -0.4 is 4.53 Å². The van der Waals surface area contributed by atoms with Gasteiger partial charge in [0.2, 0.25) is 0 Å². The number of aromatic nitrogens is 3. The second-order valence-corrected chi connectivity index (χ2v) is 4.16. The maximum Gasteiger partial charge on any atom is 0.426 e. The second-order valence-electron chi connectivity index (χ2n) is 3.01. The molecule has 0 aliphatic heterocycles. The van der Waals surface area contributed by atoms with Gasteiger partial charge in [0.15, 0.2) is 0 Å². The third kappa shape index (κ3) is 2.38. The Morgan fingerprint density at radius 1 is 1.24 bits per heavy atom. The number of hydrogen-bond acceptors (Lipinski definition) is 4. The molecule has 1 heterocycles. The molecule has 0 fully saturated rings. The molecule has 0 N–H and O–H groups in total. The lowest BCUT2D eigenvalue weighted by Gasteiger charge is -2.08. The molecule has 0 aliphatic rings. The van der Waals surface area contributed by atoms with Gasteiger partial charge in [0.25, 0.3) is 0 Å². The van der Waals surface area contributed by atoms with Gasteiger partial charge in [-0.25, -0.2) is 9.67 Å². The van der Waals surface area contributed by atoms with Crippen molar-refractivity contribution < 1.29 is 16.8 Å². The van der Waals surface area contributed by atoms with Crippen LogP contribution in [0.3, 0.4) is 0 Å². The summed E-state index contributed by atoms with van der Waals surface area (Å²) in [6.07, 6.45) is 2.72. The molecule has 0 saturated heterocycles. The van der Waals surface area contributed by atoms with Gasteiger partial charge in [-0.2, -0.15) is 13.5 Å². The van der Waals surface area contributed by atoms with Crippen molar-refractivity contribution in [2.24, 2.45) is 0 Å². The fourth-order valence-corrected chi connectivity index (χ4v) is 1.56. The Hall–Kier alpha value is -2.03. The molecular weight excluding hydrogens is 254 g/mol. The summed E-state index contributed by atoms with van der Waals surface area (Å²) in [5, 5.41) is 3.82. The van der Waals surface area contributed by atoms with Crippen LogP contribution in [0.5, 0.6) is 0 Å². The van der Waals surface area contributed by atoms with E-state index in [1.165, 1.54) is 29.5 Å². The summed E-state index contributed by atoms with van der Waals surface area (Å²) in [6, 6.07) is 4.96. The lowest BCUT2D eigenvalue weighted by Crippen LogP contribution is -2.17. The zero-order valence-corrected chi connectivity index (χ0v) is 9.05. The molecule has 1 aromatic heterocycles. The lowest BCUT2D eigenvalue weighted by atomic mass is 10.3. The van der Waals surface area contributed by atoms with Gasteiger partial charge in [0, 0.05) is 0 Å². The van der Waals surface area contributed by atoms with Crippen LogP contribution in [0.4, 0.5) is 14.1 Å². The Morgan fingerprint density at radius 2 is 1.88 bits per heavy atom. The van der Waals surface area contributed by atoms with E-state index >= 15 is 0 Å². The molecule has 90 valence electrons. The van der Waals surface area contributed by atoms with Crippen LogP contribution in [0, 0.1) is 0 Å². The molecule has 0 aliphatic carbocycles. The van der Waals surface area contributed by atoms with Crippen molar-refractivity contribution in [1.29, 1.82) is 0 Å². The summed E-state index contributed by atoms with van der Waals surface area (Å²) in [5.41, 5.74) is 0.104. The Bertz CT molecular complexity index is 597. The van der Waals surface area contributed by atoms with Gasteiger partial charge in [-0.05, 0) is 24.3 Å². The standard InChI is InChI=1S/C8H6F2N4O2S/c9-14(17(10,15)16)8-3-1-7(2-4-8)13-6-11-5-12-13/h1-6H. The van der Waals surface area contributed by atoms with Crippen LogP contribution in [0.1, 0.15) is 0 Å². The van der Waals surface area contributed by atoms with Crippen molar-refractivity contribution in [3.63, 3.8) is 0 Å². The van der Waals surface area contributed by atoms with Gasteiger partial charge in [-0.1, -0.05) is 12.9 Å². The highest BCUT2D eigenvalue weighted by molar-refractivity contribution is 7.87. The third-order valence-corrected chi connectivity index (χ3v) is 2.52. The van der Waals surface area contributed by atoms with Crippen LogP contribution in [0.25, 0.3) is 5.69 Å². The molecule has 0 bridgehead atoms. The normalized spacial score (nSPS) is 11.4. The van der Waals surface area contributed by atoms with E-state index in [0.29, 0.717) is 5.69 Å². The first-order valence-electron chi connectivity index (χ1n) is 4.34. The number of benzene rings is 1. The maximum absolute atomic E-state index is 13.0. The molecule has 2 aromatic rings. The van der Waals surface area contributed by atoms with Crippen molar-refractivity contribution >= 4 is 16.1 Å². The zero-order chi connectivity index (χ0) is 12.5. The highest BCUT2D eigenvalue weighted by atomic mass is 32.3. The molecule has 9 heteroatoms. The van der Waals surface area contributed by atoms with Crippen molar-refractivity contribution in [2.75, 3.05) is 4.53 Å². The molecular formula is C8H6F2N4O2S. The van der Waals surface area contributed by atoms with E-state index in [0.717, 1.165) is 12.1 Å². The summed E-state index contributed by atoms with van der Waals surface area (Å²) in [6.45, 7) is 0. The number of anilines is 1. The smallest absolute Gasteiger partial charge is 0.223 e. The fraction of sp³-hybridized carbons (Fsp3) is 0. The number of nitrogens with zero attached hydrogens (tertiary/aromatic N) is 4. The molecule has 0 radical (unpaired) electrons. The average Bonchev–Trinajstić information content (AvgIpc) is 2.80. The van der Waals surface area contributed by atoms with Gasteiger partial charge in [0.05, 0.1) is 11.4 Å². The largest absolute Gasteiger partial charge is 0.426 e. The van der Waals surface area contributed by atoms with E-state index in [-0.39, 0.29) is 0 Å². The Morgan fingerprint density at radius 3 is 2.35 bits per heavy atom. The molecule has 0 unspecified atom stereocenters. The molecule has 2 rings (SSSR count). The van der Waals surface area contributed by atoms with E-state index in [2.05, 4.69) is 10.1 Å². The first kappa shape index (κ1) is 11.5. The predicted octanol–water partition coefficient (Wildman–Crippen LogP) is 1.17. The quantitative estimate of drug-likeness (QED) is 0.613. The predicted molar refractivity (Wildman–Crippen MR) is 55.0 cm³/mol. The summed E-state index contributed by atoms with van der Waals surface area (Å²) < 4.78 is 46.3. The van der Waals surface area contributed by atoms with Crippen molar-refractivity contribution in [2.45, 2.75) is 0 Å². The van der Waals surface area contributed by atoms with Gasteiger partial charge < -0.3 is 0 Å². The molecule has 6 nitrogen and oxygen atoms in total. The minimum Gasteiger partial charge on any atom is -0.223 e. The van der Waals surface area contributed by atoms with Gasteiger partial charge >= 0.3 is 10.4 Å². The van der Waals surface area contributed by atoms with Crippen molar-refractivity contribution in [3.8, 4) is 5.69 Å². The summed E-state index contributed by atoms with van der Waals surface area (Å²) in [4.78, 5) is 3.71. The lowest BCUT2D eigenvalue weighted by molar-refractivity contribution is 0.467. The molecule has 0 spiro atoms. The SMILES string of the molecule is O=S(=O)(F)N(F)c1ccc(-n2cncn2)cc1. The number of halogens is 2. The highest BCUT2D eigenvalue weighted by Gasteiger charge is 2.21. The third-order valence-electron chi connectivity index (χ3n) is 1.93. The topological polar surface area (TPSA) is 68.1 Å². The summed E-state index contributed by atoms with van der Waals surface area (Å²) in [5.74, 6) is 0. The van der Waals surface area contributed by atoms with E-state index < -0.39 is 20.6 Å². The number of hydrogen-bond donors (Lipinski definition) is 0. The van der Waals surface area contributed by atoms with Crippen LogP contribution in [0.2, 0.25) is 0 Å². The first-order valence-corrected chi connectivity index (χ1v) is 5.68.